The summed E-state index contributed by atoms with van der Waals surface area (Å²) in [7, 11) is 0. The van der Waals surface area contributed by atoms with Crippen LogP contribution in [0.5, 0.6) is 0 Å². The minimum Gasteiger partial charge on any atom is -0.368 e. The van der Waals surface area contributed by atoms with Gasteiger partial charge in [-0.3, -0.25) is 0 Å². The summed E-state index contributed by atoms with van der Waals surface area (Å²) in [5.41, 5.74) is 2.66. The van der Waals surface area contributed by atoms with Crippen LogP contribution in [0.1, 0.15) is 11.3 Å². The molecule has 5 heteroatoms. The fourth-order valence-electron chi connectivity index (χ4n) is 2.61. The van der Waals surface area contributed by atoms with Gasteiger partial charge >= 0.3 is 0 Å². The molecule has 0 fully saturated rings. The smallest absolute Gasteiger partial charge is 0.147 e. The molecule has 0 aliphatic rings. The summed E-state index contributed by atoms with van der Waals surface area (Å²) >= 11 is 0. The van der Waals surface area contributed by atoms with Gasteiger partial charge in [-0.05, 0) is 43.7 Å². The van der Waals surface area contributed by atoms with Crippen LogP contribution < -0.4 is 5.32 Å². The highest BCUT2D eigenvalue weighted by Gasteiger charge is 2.10. The molecule has 2 aromatic heterocycles. The Hall–Kier alpha value is -2.43. The van der Waals surface area contributed by atoms with E-state index in [1.54, 1.807) is 12.3 Å². The number of rotatable bonds is 4. The topological polar surface area (TPSA) is 42.7 Å². The molecule has 0 saturated heterocycles. The Kier molecular flexibility index (Phi) is 3.56. The Balaban J connectivity index is 1.82. The number of nitrogens with zero attached hydrogens (tertiary/aromatic N) is 3. The standard InChI is InChI=1S/C16H17FN4/c1-11-7-13-9-12(2)21(16(13)14(17)8-11)6-5-19-15-3-4-18-10-20-15/h3-4,7-10H,5-6H2,1-2H3,(H,18,19,20). The number of benzene rings is 1. The number of hydrogen-bond donors (Lipinski definition) is 1. The van der Waals surface area contributed by atoms with E-state index in [0.29, 0.717) is 18.6 Å². The molecule has 0 spiro atoms. The number of aryl methyl sites for hydroxylation is 2. The number of fused-ring (bicyclic) bond motifs is 1. The fraction of sp³-hybridized carbons (Fsp3) is 0.250. The molecule has 0 saturated carbocycles. The van der Waals surface area contributed by atoms with Gasteiger partial charge in [0.05, 0.1) is 5.52 Å². The number of anilines is 1. The first-order valence-electron chi connectivity index (χ1n) is 6.91. The molecule has 2 heterocycles. The molecule has 0 atom stereocenters. The lowest BCUT2D eigenvalue weighted by Crippen LogP contribution is -2.12. The molecule has 108 valence electrons. The lowest BCUT2D eigenvalue weighted by atomic mass is 10.2. The van der Waals surface area contributed by atoms with Crippen molar-refractivity contribution in [2.75, 3.05) is 11.9 Å². The average Bonchev–Trinajstić information content (AvgIpc) is 2.76. The molecule has 0 radical (unpaired) electrons. The van der Waals surface area contributed by atoms with Crippen LogP contribution in [0.25, 0.3) is 10.9 Å². The Morgan fingerprint density at radius 2 is 2.10 bits per heavy atom. The summed E-state index contributed by atoms with van der Waals surface area (Å²) in [5.74, 6) is 0.607. The molecule has 0 aliphatic carbocycles. The second-order valence-corrected chi connectivity index (χ2v) is 5.14. The predicted molar refractivity (Wildman–Crippen MR) is 81.9 cm³/mol. The Morgan fingerprint density at radius 1 is 1.24 bits per heavy atom. The van der Waals surface area contributed by atoms with Gasteiger partial charge in [-0.25, -0.2) is 14.4 Å². The van der Waals surface area contributed by atoms with Crippen LogP contribution in [0.4, 0.5) is 10.2 Å². The van der Waals surface area contributed by atoms with E-state index in [4.69, 9.17) is 0 Å². The van der Waals surface area contributed by atoms with Crippen molar-refractivity contribution in [2.24, 2.45) is 0 Å². The highest BCUT2D eigenvalue weighted by Crippen LogP contribution is 2.24. The van der Waals surface area contributed by atoms with Gasteiger partial charge in [-0.15, -0.1) is 0 Å². The number of aromatic nitrogens is 3. The average molecular weight is 284 g/mol. The quantitative estimate of drug-likeness (QED) is 0.799. The van der Waals surface area contributed by atoms with Gasteiger partial charge in [-0.1, -0.05) is 0 Å². The lowest BCUT2D eigenvalue weighted by Gasteiger charge is -2.10. The van der Waals surface area contributed by atoms with E-state index >= 15 is 0 Å². The summed E-state index contributed by atoms with van der Waals surface area (Å²) in [5, 5.41) is 4.16. The van der Waals surface area contributed by atoms with Crippen molar-refractivity contribution in [1.82, 2.24) is 14.5 Å². The van der Waals surface area contributed by atoms with Gasteiger partial charge in [0.15, 0.2) is 0 Å². The van der Waals surface area contributed by atoms with E-state index in [1.165, 1.54) is 6.33 Å². The summed E-state index contributed by atoms with van der Waals surface area (Å²) in [6, 6.07) is 7.43. The SMILES string of the molecule is Cc1cc(F)c2c(c1)cc(C)n2CCNc1ccncn1. The van der Waals surface area contributed by atoms with Crippen LogP contribution in [-0.4, -0.2) is 21.1 Å². The summed E-state index contributed by atoms with van der Waals surface area (Å²) < 4.78 is 16.2. The molecule has 0 aliphatic heterocycles. The molecule has 0 amide bonds. The molecule has 4 nitrogen and oxygen atoms in total. The molecule has 3 aromatic rings. The number of nitrogens with one attached hydrogen (secondary N) is 1. The lowest BCUT2D eigenvalue weighted by molar-refractivity contribution is 0.620. The van der Waals surface area contributed by atoms with E-state index in [2.05, 4.69) is 15.3 Å². The van der Waals surface area contributed by atoms with Gasteiger partial charge in [0.1, 0.15) is 18.0 Å². The maximum Gasteiger partial charge on any atom is 0.147 e. The normalized spacial score (nSPS) is 11.0. The Labute approximate surface area is 122 Å². The van der Waals surface area contributed by atoms with Crippen LogP contribution in [0.2, 0.25) is 0 Å². The first-order chi connectivity index (χ1) is 10.1. The number of halogens is 1. The van der Waals surface area contributed by atoms with Gasteiger partial charge in [0, 0.05) is 30.4 Å². The third-order valence-corrected chi connectivity index (χ3v) is 3.52. The molecular formula is C16H17FN4. The van der Waals surface area contributed by atoms with E-state index in [0.717, 1.165) is 22.5 Å². The van der Waals surface area contributed by atoms with Gasteiger partial charge in [-0.2, -0.15) is 0 Å². The van der Waals surface area contributed by atoms with E-state index in [1.807, 2.05) is 36.6 Å². The van der Waals surface area contributed by atoms with Crippen LogP contribution in [0.3, 0.4) is 0 Å². The van der Waals surface area contributed by atoms with Crippen molar-refractivity contribution in [1.29, 1.82) is 0 Å². The molecule has 1 aromatic carbocycles. The van der Waals surface area contributed by atoms with Gasteiger partial charge in [0.25, 0.3) is 0 Å². The van der Waals surface area contributed by atoms with Crippen molar-refractivity contribution < 1.29 is 4.39 Å². The van der Waals surface area contributed by atoms with Crippen LogP contribution in [0.15, 0.2) is 36.8 Å². The largest absolute Gasteiger partial charge is 0.368 e. The van der Waals surface area contributed by atoms with Crippen molar-refractivity contribution in [3.8, 4) is 0 Å². The molecular weight excluding hydrogens is 267 g/mol. The molecule has 21 heavy (non-hydrogen) atoms. The maximum absolute atomic E-state index is 14.2. The minimum atomic E-state index is -0.167. The molecule has 0 unspecified atom stereocenters. The zero-order valence-electron chi connectivity index (χ0n) is 12.1. The minimum absolute atomic E-state index is 0.167. The highest BCUT2D eigenvalue weighted by atomic mass is 19.1. The third-order valence-electron chi connectivity index (χ3n) is 3.52. The molecule has 0 bridgehead atoms. The number of hydrogen-bond acceptors (Lipinski definition) is 3. The third kappa shape index (κ3) is 2.72. The van der Waals surface area contributed by atoms with E-state index in [9.17, 15) is 4.39 Å². The van der Waals surface area contributed by atoms with E-state index in [-0.39, 0.29) is 5.82 Å². The maximum atomic E-state index is 14.2. The summed E-state index contributed by atoms with van der Waals surface area (Å²) in [6.07, 6.45) is 3.19. The summed E-state index contributed by atoms with van der Waals surface area (Å²) in [6.45, 7) is 5.26. The fourth-order valence-corrected chi connectivity index (χ4v) is 2.61. The van der Waals surface area contributed by atoms with Crippen molar-refractivity contribution >= 4 is 16.7 Å². The second-order valence-electron chi connectivity index (χ2n) is 5.14. The first kappa shape index (κ1) is 13.5. The Bertz CT molecular complexity index is 765. The van der Waals surface area contributed by atoms with Gasteiger partial charge in [0.2, 0.25) is 0 Å². The van der Waals surface area contributed by atoms with Crippen molar-refractivity contribution in [2.45, 2.75) is 20.4 Å². The predicted octanol–water partition coefficient (Wildman–Crippen LogP) is 3.30. The monoisotopic (exact) mass is 284 g/mol. The highest BCUT2D eigenvalue weighted by molar-refractivity contribution is 5.82. The zero-order chi connectivity index (χ0) is 14.8. The Morgan fingerprint density at radius 3 is 2.86 bits per heavy atom. The molecule has 3 rings (SSSR count). The van der Waals surface area contributed by atoms with Crippen molar-refractivity contribution in [3.05, 3.63) is 53.9 Å². The van der Waals surface area contributed by atoms with Crippen LogP contribution in [-0.2, 0) is 6.54 Å². The second kappa shape index (κ2) is 5.52. The molecule has 1 N–H and O–H groups in total. The van der Waals surface area contributed by atoms with Crippen molar-refractivity contribution in [3.63, 3.8) is 0 Å². The first-order valence-corrected chi connectivity index (χ1v) is 6.91. The van der Waals surface area contributed by atoms with Crippen LogP contribution >= 0.6 is 0 Å². The summed E-state index contributed by atoms with van der Waals surface area (Å²) in [4.78, 5) is 7.98. The van der Waals surface area contributed by atoms with Crippen LogP contribution in [0, 0.1) is 19.7 Å². The van der Waals surface area contributed by atoms with E-state index < -0.39 is 0 Å². The van der Waals surface area contributed by atoms with Gasteiger partial charge < -0.3 is 9.88 Å². The zero-order valence-corrected chi connectivity index (χ0v) is 12.1.